The number of benzene rings is 2. The number of hydrogen-bond donors (Lipinski definition) is 1. The Morgan fingerprint density at radius 3 is 2.71 bits per heavy atom. The fourth-order valence-electron chi connectivity index (χ4n) is 5.82. The largest absolute Gasteiger partial charge is 0.465 e. The van der Waals surface area contributed by atoms with Crippen molar-refractivity contribution in [1.82, 2.24) is 4.98 Å². The Hall–Kier alpha value is -3.93. The molecule has 1 N–H and O–H groups in total. The number of methoxy groups -OCH3 is 1. The molecule has 0 saturated carbocycles. The number of thiophene rings is 1. The summed E-state index contributed by atoms with van der Waals surface area (Å²) in [6.07, 6.45) is 4.58. The molecule has 0 aliphatic heterocycles. The maximum Gasteiger partial charge on any atom is 0.341 e. The molecule has 2 heterocycles. The third-order valence-corrected chi connectivity index (χ3v) is 10.0. The normalized spacial score (nSPS) is 15.2. The predicted molar refractivity (Wildman–Crippen MR) is 163 cm³/mol. The maximum atomic E-state index is 13.0. The van der Waals surface area contributed by atoms with E-state index < -0.39 is 5.97 Å². The van der Waals surface area contributed by atoms with Crippen molar-refractivity contribution in [3.8, 4) is 16.5 Å². The van der Waals surface area contributed by atoms with Crippen LogP contribution in [0.4, 0.5) is 5.00 Å². The number of pyridine rings is 1. The minimum Gasteiger partial charge on any atom is -0.465 e. The lowest BCUT2D eigenvalue weighted by Gasteiger charge is -2.25. The minimum absolute atomic E-state index is 0.184. The van der Waals surface area contributed by atoms with Gasteiger partial charge in [0.05, 0.1) is 18.2 Å². The number of carbonyl (C=O) groups is 2. The van der Waals surface area contributed by atoms with E-state index >= 15 is 0 Å². The molecule has 2 aromatic carbocycles. The minimum atomic E-state index is -0.432. The van der Waals surface area contributed by atoms with Gasteiger partial charge in [0.2, 0.25) is 5.91 Å². The molecule has 6 rings (SSSR count). The summed E-state index contributed by atoms with van der Waals surface area (Å²) in [6.45, 7) is 0. The van der Waals surface area contributed by atoms with Gasteiger partial charge in [0.25, 0.3) is 0 Å². The first-order valence-electron chi connectivity index (χ1n) is 13.8. The molecule has 8 heteroatoms. The van der Waals surface area contributed by atoms with E-state index in [4.69, 9.17) is 9.72 Å². The van der Waals surface area contributed by atoms with Crippen molar-refractivity contribution in [3.63, 3.8) is 0 Å². The Morgan fingerprint density at radius 2 is 1.90 bits per heavy atom. The van der Waals surface area contributed by atoms with Crippen LogP contribution in [0.5, 0.6) is 0 Å². The SMILES string of the molecule is COC(=O)c1c(NC(=O)CCSc2nc3c(cc2C#N)CC(c2ccccc2)CC3)sc2c1CCc1ccccc1-2. The third-order valence-electron chi connectivity index (χ3n) is 7.87. The summed E-state index contributed by atoms with van der Waals surface area (Å²) >= 11 is 2.86. The van der Waals surface area contributed by atoms with Gasteiger partial charge in [-0.1, -0.05) is 54.6 Å². The average Bonchev–Trinajstić information content (AvgIpc) is 3.38. The summed E-state index contributed by atoms with van der Waals surface area (Å²) in [6, 6.07) is 23.0. The van der Waals surface area contributed by atoms with Gasteiger partial charge in [-0.25, -0.2) is 9.78 Å². The van der Waals surface area contributed by atoms with E-state index in [1.807, 2.05) is 24.3 Å². The zero-order chi connectivity index (χ0) is 28.3. The molecule has 6 nitrogen and oxygen atoms in total. The van der Waals surface area contributed by atoms with Crippen LogP contribution in [0.15, 0.2) is 65.7 Å². The van der Waals surface area contributed by atoms with Crippen molar-refractivity contribution in [1.29, 1.82) is 5.26 Å². The van der Waals surface area contributed by atoms with Crippen molar-refractivity contribution in [3.05, 3.63) is 99.7 Å². The Kier molecular flexibility index (Phi) is 7.91. The summed E-state index contributed by atoms with van der Waals surface area (Å²) in [5.41, 5.74) is 7.83. The average molecular weight is 580 g/mol. The fraction of sp³-hybridized carbons (Fsp3) is 0.273. The number of aryl methyl sites for hydroxylation is 2. The fourth-order valence-corrected chi connectivity index (χ4v) is 8.05. The second kappa shape index (κ2) is 11.9. The van der Waals surface area contributed by atoms with E-state index in [0.29, 0.717) is 32.8 Å². The number of aromatic nitrogens is 1. The van der Waals surface area contributed by atoms with Crippen LogP contribution in [-0.2, 0) is 35.2 Å². The lowest BCUT2D eigenvalue weighted by Crippen LogP contribution is -2.16. The standard InChI is InChI=1S/C33H29N3O3S2/c1-39-33(38)29-26-13-11-21-9-5-6-10-25(21)30(26)41-32(29)36-28(37)15-16-40-31-24(19-34)18-23-17-22(12-14-27(23)35-31)20-7-3-2-4-8-20/h2-10,18,22H,11-17H2,1H3,(H,36,37). The van der Waals surface area contributed by atoms with E-state index in [1.54, 1.807) is 0 Å². The van der Waals surface area contributed by atoms with Crippen LogP contribution >= 0.6 is 23.1 Å². The van der Waals surface area contributed by atoms with Gasteiger partial charge in [-0.15, -0.1) is 23.1 Å². The molecule has 0 radical (unpaired) electrons. The molecule has 1 amide bonds. The number of nitrogens with one attached hydrogen (secondary N) is 1. The van der Waals surface area contributed by atoms with Gasteiger partial charge in [0.15, 0.2) is 0 Å². The van der Waals surface area contributed by atoms with E-state index in [2.05, 4.69) is 47.8 Å². The van der Waals surface area contributed by atoms with Gasteiger partial charge in [-0.05, 0) is 71.9 Å². The Labute approximate surface area is 247 Å². The zero-order valence-electron chi connectivity index (χ0n) is 22.7. The molecule has 41 heavy (non-hydrogen) atoms. The molecule has 206 valence electrons. The number of hydrogen-bond acceptors (Lipinski definition) is 7. The third kappa shape index (κ3) is 5.52. The van der Waals surface area contributed by atoms with Crippen LogP contribution in [-0.4, -0.2) is 29.7 Å². The molecule has 4 aromatic rings. The molecular weight excluding hydrogens is 551 g/mol. The first-order chi connectivity index (χ1) is 20.1. The van der Waals surface area contributed by atoms with Crippen molar-refractivity contribution in [2.75, 3.05) is 18.2 Å². The molecule has 2 aliphatic carbocycles. The second-order valence-corrected chi connectivity index (χ2v) is 12.4. The van der Waals surface area contributed by atoms with Crippen LogP contribution in [0.25, 0.3) is 10.4 Å². The van der Waals surface area contributed by atoms with Gasteiger partial charge < -0.3 is 10.1 Å². The number of ether oxygens (including phenoxy) is 1. The molecular formula is C33H29N3O3S2. The van der Waals surface area contributed by atoms with Gasteiger partial charge in [0, 0.05) is 22.7 Å². The van der Waals surface area contributed by atoms with E-state index in [9.17, 15) is 14.9 Å². The number of esters is 1. The van der Waals surface area contributed by atoms with Gasteiger partial charge in [-0.2, -0.15) is 5.26 Å². The van der Waals surface area contributed by atoms with Crippen molar-refractivity contribution in [2.24, 2.45) is 0 Å². The van der Waals surface area contributed by atoms with Crippen molar-refractivity contribution < 1.29 is 14.3 Å². The second-order valence-electron chi connectivity index (χ2n) is 10.3. The first-order valence-corrected chi connectivity index (χ1v) is 15.6. The highest BCUT2D eigenvalue weighted by molar-refractivity contribution is 7.99. The number of fused-ring (bicyclic) bond motifs is 4. The van der Waals surface area contributed by atoms with Crippen molar-refractivity contribution in [2.45, 2.75) is 49.5 Å². The van der Waals surface area contributed by atoms with Gasteiger partial charge >= 0.3 is 5.97 Å². The predicted octanol–water partition coefficient (Wildman–Crippen LogP) is 6.96. The summed E-state index contributed by atoms with van der Waals surface area (Å²) in [5, 5.41) is 14.0. The van der Waals surface area contributed by atoms with Crippen LogP contribution < -0.4 is 5.32 Å². The molecule has 0 spiro atoms. The monoisotopic (exact) mass is 579 g/mol. The molecule has 2 aliphatic rings. The quantitative estimate of drug-likeness (QED) is 0.188. The van der Waals surface area contributed by atoms with E-state index in [-0.39, 0.29) is 12.3 Å². The smallest absolute Gasteiger partial charge is 0.341 e. The highest BCUT2D eigenvalue weighted by atomic mass is 32.2. The molecule has 0 bridgehead atoms. The van der Waals surface area contributed by atoms with Gasteiger partial charge in [-0.3, -0.25) is 4.79 Å². The van der Waals surface area contributed by atoms with E-state index in [1.165, 1.54) is 41.3 Å². The Morgan fingerprint density at radius 1 is 1.10 bits per heavy atom. The molecule has 2 aromatic heterocycles. The number of carbonyl (C=O) groups excluding carboxylic acids is 2. The Balaban J connectivity index is 1.14. The number of nitriles is 1. The van der Waals surface area contributed by atoms with Crippen LogP contribution in [0.2, 0.25) is 0 Å². The number of thioether (sulfide) groups is 1. The van der Waals surface area contributed by atoms with Crippen molar-refractivity contribution >= 4 is 40.0 Å². The van der Waals surface area contributed by atoms with Crippen LogP contribution in [0.1, 0.15) is 62.6 Å². The number of amides is 1. The van der Waals surface area contributed by atoms with Crippen LogP contribution in [0, 0.1) is 11.3 Å². The zero-order valence-corrected chi connectivity index (χ0v) is 24.4. The van der Waals surface area contributed by atoms with Gasteiger partial charge in [0.1, 0.15) is 16.1 Å². The maximum absolute atomic E-state index is 13.0. The topological polar surface area (TPSA) is 92.1 Å². The summed E-state index contributed by atoms with van der Waals surface area (Å²) in [4.78, 5) is 31.6. The molecule has 1 unspecified atom stereocenters. The highest BCUT2D eigenvalue weighted by Gasteiger charge is 2.29. The molecule has 1 atom stereocenters. The summed E-state index contributed by atoms with van der Waals surface area (Å²) in [7, 11) is 1.37. The summed E-state index contributed by atoms with van der Waals surface area (Å²) < 4.78 is 5.09. The lowest BCUT2D eigenvalue weighted by atomic mass is 9.82. The summed E-state index contributed by atoms with van der Waals surface area (Å²) in [5.74, 6) is 0.292. The van der Waals surface area contributed by atoms with E-state index in [0.717, 1.165) is 59.4 Å². The lowest BCUT2D eigenvalue weighted by molar-refractivity contribution is -0.115. The molecule has 0 saturated heterocycles. The number of rotatable bonds is 7. The Bertz CT molecular complexity index is 1670. The van der Waals surface area contributed by atoms with Crippen LogP contribution in [0.3, 0.4) is 0 Å². The highest BCUT2D eigenvalue weighted by Crippen LogP contribution is 2.45. The number of anilines is 1. The number of nitrogens with zero attached hydrogens (tertiary/aromatic N) is 2. The first kappa shape index (κ1) is 27.3. The molecule has 0 fully saturated rings.